The van der Waals surface area contributed by atoms with Gasteiger partial charge < -0.3 is 9.64 Å². The highest BCUT2D eigenvalue weighted by Gasteiger charge is 2.34. The van der Waals surface area contributed by atoms with Gasteiger partial charge in [-0.3, -0.25) is 9.59 Å². The third-order valence-corrected chi connectivity index (χ3v) is 3.50. The van der Waals surface area contributed by atoms with E-state index in [1.165, 1.54) is 24.1 Å². The van der Waals surface area contributed by atoms with E-state index < -0.39 is 6.04 Å². The molecule has 0 aliphatic carbocycles. The number of esters is 1. The Bertz CT molecular complexity index is 596. The second-order valence-corrected chi connectivity index (χ2v) is 4.94. The third kappa shape index (κ3) is 3.29. The van der Waals surface area contributed by atoms with Crippen LogP contribution >= 0.6 is 0 Å². The minimum Gasteiger partial charge on any atom is -0.464 e. The number of hydrogen-bond acceptors (Lipinski definition) is 5. The van der Waals surface area contributed by atoms with E-state index in [0.29, 0.717) is 13.0 Å². The van der Waals surface area contributed by atoms with Crippen LogP contribution in [0.4, 0.5) is 0 Å². The Hall–Kier alpha value is -2.18. The summed E-state index contributed by atoms with van der Waals surface area (Å²) in [6.45, 7) is 2.52. The second kappa shape index (κ2) is 6.51. The molecule has 0 N–H and O–H groups in total. The molecule has 2 rings (SSSR count). The van der Waals surface area contributed by atoms with Gasteiger partial charge in [-0.2, -0.15) is 5.10 Å². The monoisotopic (exact) mass is 293 g/mol. The topological polar surface area (TPSA) is 81.5 Å². The Kier molecular flexibility index (Phi) is 4.72. The van der Waals surface area contributed by atoms with Crippen molar-refractivity contribution in [1.82, 2.24) is 14.7 Å². The predicted octanol–water partition coefficient (Wildman–Crippen LogP) is 0.338. The van der Waals surface area contributed by atoms with Crippen LogP contribution in [0.15, 0.2) is 16.9 Å². The fraction of sp³-hybridized carbons (Fsp3) is 0.571. The molecule has 1 fully saturated rings. The van der Waals surface area contributed by atoms with E-state index in [-0.39, 0.29) is 29.7 Å². The van der Waals surface area contributed by atoms with Crippen molar-refractivity contribution in [2.24, 2.45) is 7.05 Å². The molecule has 1 saturated heterocycles. The van der Waals surface area contributed by atoms with E-state index in [1.807, 2.05) is 0 Å². The van der Waals surface area contributed by atoms with Gasteiger partial charge in [0.15, 0.2) is 0 Å². The molecule has 0 radical (unpaired) electrons. The van der Waals surface area contributed by atoms with Gasteiger partial charge in [0.2, 0.25) is 0 Å². The molecule has 7 nitrogen and oxygen atoms in total. The standard InChI is InChI=1S/C14H19N3O4/c1-3-21-14(20)11-6-4-5-9-17(11)13(19)10-7-8-12(18)16(2)15-10/h7-8,11H,3-6,9H2,1-2H3. The van der Waals surface area contributed by atoms with Crippen LogP contribution in [0.1, 0.15) is 36.7 Å². The summed E-state index contributed by atoms with van der Waals surface area (Å²) in [6.07, 6.45) is 2.32. The molecule has 114 valence electrons. The van der Waals surface area contributed by atoms with E-state index in [1.54, 1.807) is 6.92 Å². The quantitative estimate of drug-likeness (QED) is 0.751. The molecule has 1 aliphatic heterocycles. The zero-order chi connectivity index (χ0) is 15.4. The Balaban J connectivity index is 2.23. The highest BCUT2D eigenvalue weighted by atomic mass is 16.5. The van der Waals surface area contributed by atoms with Gasteiger partial charge in [0, 0.05) is 19.7 Å². The van der Waals surface area contributed by atoms with Crippen LogP contribution in [0.25, 0.3) is 0 Å². The van der Waals surface area contributed by atoms with Gasteiger partial charge in [-0.25, -0.2) is 9.48 Å². The predicted molar refractivity (Wildman–Crippen MR) is 74.8 cm³/mol. The summed E-state index contributed by atoms with van der Waals surface area (Å²) >= 11 is 0. The Morgan fingerprint density at radius 2 is 2.14 bits per heavy atom. The first-order valence-corrected chi connectivity index (χ1v) is 7.06. The first-order valence-electron chi connectivity index (χ1n) is 7.06. The zero-order valence-electron chi connectivity index (χ0n) is 12.2. The molecular weight excluding hydrogens is 274 g/mol. The highest BCUT2D eigenvalue weighted by Crippen LogP contribution is 2.20. The van der Waals surface area contributed by atoms with Crippen LogP contribution in [-0.4, -0.2) is 45.8 Å². The summed E-state index contributed by atoms with van der Waals surface area (Å²) in [6, 6.07) is 2.12. The number of nitrogens with zero attached hydrogens (tertiary/aromatic N) is 3. The summed E-state index contributed by atoms with van der Waals surface area (Å²) in [5.74, 6) is -0.723. The number of carbonyl (C=O) groups is 2. The summed E-state index contributed by atoms with van der Waals surface area (Å²) in [7, 11) is 1.48. The first-order chi connectivity index (χ1) is 10.0. The molecule has 21 heavy (non-hydrogen) atoms. The normalized spacial score (nSPS) is 18.4. The van der Waals surface area contributed by atoms with Gasteiger partial charge in [-0.15, -0.1) is 0 Å². The maximum absolute atomic E-state index is 12.5. The van der Waals surface area contributed by atoms with Gasteiger partial charge in [0.1, 0.15) is 11.7 Å². The van der Waals surface area contributed by atoms with Crippen molar-refractivity contribution in [3.8, 4) is 0 Å². The number of likely N-dealkylation sites (tertiary alicyclic amines) is 1. The SMILES string of the molecule is CCOC(=O)C1CCCCN1C(=O)c1ccc(=O)n(C)n1. The van der Waals surface area contributed by atoms with Crippen molar-refractivity contribution < 1.29 is 14.3 Å². The molecule has 0 aromatic carbocycles. The number of aryl methyl sites for hydroxylation is 1. The van der Waals surface area contributed by atoms with Crippen molar-refractivity contribution in [3.05, 3.63) is 28.2 Å². The third-order valence-electron chi connectivity index (χ3n) is 3.50. The van der Waals surface area contributed by atoms with Crippen molar-refractivity contribution in [2.75, 3.05) is 13.2 Å². The van der Waals surface area contributed by atoms with Gasteiger partial charge in [-0.1, -0.05) is 0 Å². The lowest BCUT2D eigenvalue weighted by molar-refractivity contribution is -0.149. The van der Waals surface area contributed by atoms with Crippen molar-refractivity contribution >= 4 is 11.9 Å². The lowest BCUT2D eigenvalue weighted by Gasteiger charge is -2.33. The van der Waals surface area contributed by atoms with Crippen molar-refractivity contribution in [2.45, 2.75) is 32.2 Å². The number of piperidine rings is 1. The van der Waals surface area contributed by atoms with Crippen molar-refractivity contribution in [1.29, 1.82) is 0 Å². The van der Waals surface area contributed by atoms with Gasteiger partial charge in [0.05, 0.1) is 6.61 Å². The number of hydrogen-bond donors (Lipinski definition) is 0. The molecule has 1 aromatic rings. The zero-order valence-corrected chi connectivity index (χ0v) is 12.2. The van der Waals surface area contributed by atoms with E-state index in [4.69, 9.17) is 4.74 Å². The Labute approximate surface area is 122 Å². The van der Waals surface area contributed by atoms with E-state index in [0.717, 1.165) is 17.5 Å². The first kappa shape index (κ1) is 15.2. The largest absolute Gasteiger partial charge is 0.464 e. The van der Waals surface area contributed by atoms with Crippen LogP contribution in [0.5, 0.6) is 0 Å². The minimum absolute atomic E-state index is 0.160. The maximum atomic E-state index is 12.5. The molecule has 1 aliphatic rings. The molecule has 0 saturated carbocycles. The Morgan fingerprint density at radius 3 is 2.81 bits per heavy atom. The van der Waals surface area contributed by atoms with Gasteiger partial charge in [0.25, 0.3) is 11.5 Å². The van der Waals surface area contributed by atoms with Crippen LogP contribution in [0, 0.1) is 0 Å². The van der Waals surface area contributed by atoms with Gasteiger partial charge >= 0.3 is 5.97 Å². The molecule has 0 spiro atoms. The summed E-state index contributed by atoms with van der Waals surface area (Å²) in [4.78, 5) is 37.3. The smallest absolute Gasteiger partial charge is 0.328 e. The van der Waals surface area contributed by atoms with E-state index >= 15 is 0 Å². The molecule has 2 heterocycles. The van der Waals surface area contributed by atoms with Crippen LogP contribution < -0.4 is 5.56 Å². The van der Waals surface area contributed by atoms with Crippen LogP contribution in [0.3, 0.4) is 0 Å². The second-order valence-electron chi connectivity index (χ2n) is 4.94. The van der Waals surface area contributed by atoms with Gasteiger partial charge in [-0.05, 0) is 32.3 Å². The van der Waals surface area contributed by atoms with E-state index in [2.05, 4.69) is 5.10 Å². The molecule has 1 unspecified atom stereocenters. The summed E-state index contributed by atoms with van der Waals surface area (Å²) in [5, 5.41) is 3.95. The number of carbonyl (C=O) groups excluding carboxylic acids is 2. The molecular formula is C14H19N3O4. The Morgan fingerprint density at radius 1 is 1.38 bits per heavy atom. The minimum atomic E-state index is -0.565. The lowest BCUT2D eigenvalue weighted by Crippen LogP contribution is -2.49. The number of amides is 1. The molecule has 0 bridgehead atoms. The maximum Gasteiger partial charge on any atom is 0.328 e. The number of ether oxygens (including phenoxy) is 1. The highest BCUT2D eigenvalue weighted by molar-refractivity contribution is 5.95. The number of aromatic nitrogens is 2. The van der Waals surface area contributed by atoms with Crippen LogP contribution in [0.2, 0.25) is 0 Å². The summed E-state index contributed by atoms with van der Waals surface area (Å²) in [5.41, 5.74) is -0.125. The molecule has 1 aromatic heterocycles. The molecule has 7 heteroatoms. The van der Waals surface area contributed by atoms with Crippen LogP contribution in [-0.2, 0) is 16.6 Å². The fourth-order valence-electron chi connectivity index (χ4n) is 2.42. The summed E-state index contributed by atoms with van der Waals surface area (Å²) < 4.78 is 6.14. The molecule has 1 atom stereocenters. The average Bonchev–Trinajstić information content (AvgIpc) is 2.49. The lowest BCUT2D eigenvalue weighted by atomic mass is 10.0. The average molecular weight is 293 g/mol. The molecule has 1 amide bonds. The number of rotatable bonds is 3. The fourth-order valence-corrected chi connectivity index (χ4v) is 2.42. The van der Waals surface area contributed by atoms with Crippen molar-refractivity contribution in [3.63, 3.8) is 0 Å². The van der Waals surface area contributed by atoms with E-state index in [9.17, 15) is 14.4 Å².